The maximum Gasteiger partial charge on any atom is 0.220 e. The molecule has 2 fully saturated rings. The van der Waals surface area contributed by atoms with Crippen LogP contribution in [0.4, 0.5) is 0 Å². The normalized spacial score (nSPS) is 31.3. The summed E-state index contributed by atoms with van der Waals surface area (Å²) in [5.41, 5.74) is 0. The maximum atomic E-state index is 12.9. The van der Waals surface area contributed by atoms with Crippen molar-refractivity contribution in [2.75, 3.05) is 19.8 Å². The van der Waals surface area contributed by atoms with Crippen LogP contribution >= 0.6 is 0 Å². The Labute approximate surface area is 303 Å². The first-order chi connectivity index (χ1) is 24.6. The van der Waals surface area contributed by atoms with Crippen LogP contribution in [0.15, 0.2) is 24.3 Å². The highest BCUT2D eigenvalue weighted by Crippen LogP contribution is 2.29. The van der Waals surface area contributed by atoms with Gasteiger partial charge in [-0.2, -0.15) is 0 Å². The molecule has 9 N–H and O–H groups in total. The summed E-state index contributed by atoms with van der Waals surface area (Å²) in [4.78, 5) is 12.9. The second-order valence-corrected chi connectivity index (χ2v) is 13.7. The predicted octanol–water partition coefficient (Wildman–Crippen LogP) is 1.48. The van der Waals surface area contributed by atoms with Crippen molar-refractivity contribution in [2.45, 2.75) is 184 Å². The van der Waals surface area contributed by atoms with E-state index in [0.717, 1.165) is 77.0 Å². The van der Waals surface area contributed by atoms with Crippen LogP contribution in [-0.4, -0.2) is 140 Å². The smallest absolute Gasteiger partial charge is 0.220 e. The van der Waals surface area contributed by atoms with Gasteiger partial charge in [-0.25, -0.2) is 0 Å². The summed E-state index contributed by atoms with van der Waals surface area (Å²) in [5, 5.41) is 85.7. The Balaban J connectivity index is 1.98. The van der Waals surface area contributed by atoms with E-state index in [1.54, 1.807) is 6.08 Å². The summed E-state index contributed by atoms with van der Waals surface area (Å²) in [6.45, 7) is 2.59. The van der Waals surface area contributed by atoms with E-state index in [9.17, 15) is 45.6 Å². The fourth-order valence-electron chi connectivity index (χ4n) is 6.11. The number of amides is 1. The molecular formula is C37H67NO13. The van der Waals surface area contributed by atoms with Crippen LogP contribution in [0.2, 0.25) is 0 Å². The third-order valence-electron chi connectivity index (χ3n) is 9.36. The van der Waals surface area contributed by atoms with Gasteiger partial charge in [-0.05, 0) is 38.5 Å². The van der Waals surface area contributed by atoms with E-state index in [-0.39, 0.29) is 18.9 Å². The number of hydrogen-bond acceptors (Lipinski definition) is 13. The molecule has 0 spiro atoms. The Morgan fingerprint density at radius 2 is 1.27 bits per heavy atom. The highest BCUT2D eigenvalue weighted by atomic mass is 16.7. The molecule has 1 amide bonds. The van der Waals surface area contributed by atoms with Crippen LogP contribution in [0.25, 0.3) is 0 Å². The van der Waals surface area contributed by atoms with Crippen molar-refractivity contribution >= 4 is 5.91 Å². The Morgan fingerprint density at radius 3 is 1.94 bits per heavy atom. The van der Waals surface area contributed by atoms with Crippen LogP contribution in [0.3, 0.4) is 0 Å². The predicted molar refractivity (Wildman–Crippen MR) is 189 cm³/mol. The van der Waals surface area contributed by atoms with Crippen molar-refractivity contribution in [2.24, 2.45) is 0 Å². The van der Waals surface area contributed by atoms with Gasteiger partial charge in [0.15, 0.2) is 12.6 Å². The molecule has 0 bridgehead atoms. The lowest BCUT2D eigenvalue weighted by atomic mass is 9.97. The molecule has 0 aliphatic carbocycles. The summed E-state index contributed by atoms with van der Waals surface area (Å²) in [6, 6.07) is -0.910. The minimum absolute atomic E-state index is 0.260. The molecule has 2 saturated heterocycles. The van der Waals surface area contributed by atoms with Gasteiger partial charge in [-0.15, -0.1) is 0 Å². The fraction of sp³-hybridized carbons (Fsp3) is 0.865. The van der Waals surface area contributed by atoms with E-state index < -0.39 is 86.8 Å². The Morgan fingerprint density at radius 1 is 0.686 bits per heavy atom. The molecule has 0 radical (unpaired) electrons. The molecule has 298 valence electrons. The Bertz CT molecular complexity index is 967. The largest absolute Gasteiger partial charge is 0.394 e. The number of allylic oxidation sites excluding steroid dienone is 3. The second kappa shape index (κ2) is 26.3. The molecule has 12 atom stereocenters. The number of carbonyl (C=O) groups is 1. The molecule has 2 rings (SSSR count). The van der Waals surface area contributed by atoms with Gasteiger partial charge in [0.25, 0.3) is 0 Å². The van der Waals surface area contributed by atoms with E-state index in [0.29, 0.717) is 6.42 Å². The molecule has 14 heteroatoms. The van der Waals surface area contributed by atoms with Gasteiger partial charge >= 0.3 is 0 Å². The van der Waals surface area contributed by atoms with Crippen LogP contribution in [0.5, 0.6) is 0 Å². The lowest BCUT2D eigenvalue weighted by Crippen LogP contribution is -2.65. The van der Waals surface area contributed by atoms with Gasteiger partial charge in [-0.1, -0.05) is 89.5 Å². The number of aliphatic hydroxyl groups excluding tert-OH is 8. The molecule has 12 unspecified atom stereocenters. The minimum Gasteiger partial charge on any atom is -0.394 e. The van der Waals surface area contributed by atoms with Crippen LogP contribution in [0.1, 0.15) is 110 Å². The summed E-state index contributed by atoms with van der Waals surface area (Å²) in [6.07, 6.45) is 5.65. The molecular weight excluding hydrogens is 666 g/mol. The average molecular weight is 734 g/mol. The zero-order valence-electron chi connectivity index (χ0n) is 30.6. The van der Waals surface area contributed by atoms with Gasteiger partial charge in [0, 0.05) is 6.42 Å². The van der Waals surface area contributed by atoms with E-state index in [1.807, 2.05) is 6.08 Å². The first-order valence-corrected chi connectivity index (χ1v) is 19.1. The van der Waals surface area contributed by atoms with Crippen LogP contribution < -0.4 is 5.32 Å². The van der Waals surface area contributed by atoms with Crippen molar-refractivity contribution in [3.8, 4) is 0 Å². The summed E-state index contributed by atoms with van der Waals surface area (Å²) in [5.74, 6) is -0.260. The van der Waals surface area contributed by atoms with Crippen LogP contribution in [0, 0.1) is 0 Å². The number of aliphatic hydroxyl groups is 8. The highest BCUT2D eigenvalue weighted by molar-refractivity contribution is 5.76. The molecule has 0 aromatic rings. The van der Waals surface area contributed by atoms with Crippen LogP contribution in [-0.2, 0) is 23.7 Å². The van der Waals surface area contributed by atoms with Gasteiger partial charge in [-0.3, -0.25) is 4.79 Å². The topological polar surface area (TPSA) is 228 Å². The summed E-state index contributed by atoms with van der Waals surface area (Å²) >= 11 is 0. The second-order valence-electron chi connectivity index (χ2n) is 13.7. The lowest BCUT2D eigenvalue weighted by Gasteiger charge is -2.46. The molecule has 2 aliphatic rings. The van der Waals surface area contributed by atoms with Gasteiger partial charge in [0.1, 0.15) is 48.8 Å². The third kappa shape index (κ3) is 16.2. The van der Waals surface area contributed by atoms with Crippen molar-refractivity contribution < 1.29 is 64.6 Å². The van der Waals surface area contributed by atoms with Gasteiger partial charge in [0.2, 0.25) is 5.91 Å². The molecule has 2 aliphatic heterocycles. The number of carbonyl (C=O) groups excluding carboxylic acids is 1. The number of unbranched alkanes of at least 4 members (excludes halogenated alkanes) is 11. The van der Waals surface area contributed by atoms with E-state index in [1.165, 1.54) is 6.42 Å². The molecule has 14 nitrogen and oxygen atoms in total. The molecule has 0 aromatic carbocycles. The SMILES string of the molecule is CCC/C=C\CCCCCCCC(=O)NC(COC1OC(CO)C(OC2OC(CO)C(O)C(O)C2O)C(O)C1O)C(O)/C=C/CCCCCCC. The first kappa shape index (κ1) is 45.6. The Kier molecular flexibility index (Phi) is 23.5. The summed E-state index contributed by atoms with van der Waals surface area (Å²) in [7, 11) is 0. The monoisotopic (exact) mass is 733 g/mol. The van der Waals surface area contributed by atoms with Gasteiger partial charge < -0.3 is 65.1 Å². The zero-order valence-corrected chi connectivity index (χ0v) is 30.6. The van der Waals surface area contributed by atoms with E-state index >= 15 is 0 Å². The number of rotatable bonds is 26. The van der Waals surface area contributed by atoms with E-state index in [2.05, 4.69) is 31.3 Å². The van der Waals surface area contributed by atoms with Crippen molar-refractivity contribution in [3.05, 3.63) is 24.3 Å². The van der Waals surface area contributed by atoms with Crippen molar-refractivity contribution in [1.82, 2.24) is 5.32 Å². The van der Waals surface area contributed by atoms with Gasteiger partial charge in [0.05, 0.1) is 32.0 Å². The van der Waals surface area contributed by atoms with Crippen molar-refractivity contribution in [1.29, 1.82) is 0 Å². The summed E-state index contributed by atoms with van der Waals surface area (Å²) < 4.78 is 22.4. The highest BCUT2D eigenvalue weighted by Gasteiger charge is 2.50. The zero-order chi connectivity index (χ0) is 37.6. The molecule has 0 aromatic heterocycles. The minimum atomic E-state index is -1.78. The molecule has 0 saturated carbocycles. The standard InChI is InChI=1S/C37H67NO13/c1-3-5-7-9-11-12-13-15-17-19-21-29(42)38-25(26(41)20-18-16-14-10-8-6-4-2)24-48-36-34(47)32(45)35(28(23-40)50-36)51-37-33(46)31(44)30(43)27(22-39)49-37/h7,9,18,20,25-28,30-37,39-41,43-47H,3-6,8,10-17,19,21-24H2,1-2H3,(H,38,42)/b9-7-,20-18+. The number of hydrogen-bond donors (Lipinski definition) is 9. The number of ether oxygens (including phenoxy) is 4. The van der Waals surface area contributed by atoms with E-state index in [4.69, 9.17) is 18.9 Å². The fourth-order valence-corrected chi connectivity index (χ4v) is 6.11. The maximum absolute atomic E-state index is 12.9. The molecule has 2 heterocycles. The first-order valence-electron chi connectivity index (χ1n) is 19.1. The quantitative estimate of drug-likeness (QED) is 0.0454. The Hall–Kier alpha value is -1.53. The molecule has 51 heavy (non-hydrogen) atoms. The number of nitrogens with one attached hydrogen (secondary N) is 1. The average Bonchev–Trinajstić information content (AvgIpc) is 3.12. The lowest BCUT2D eigenvalue weighted by molar-refractivity contribution is -0.359. The third-order valence-corrected chi connectivity index (χ3v) is 9.36. The van der Waals surface area contributed by atoms with Crippen molar-refractivity contribution in [3.63, 3.8) is 0 Å².